The van der Waals surface area contributed by atoms with E-state index < -0.39 is 0 Å². The quantitative estimate of drug-likeness (QED) is 0.167. The number of hydrogen-bond acceptors (Lipinski definition) is 3. The number of aromatic nitrogens is 6. The molecule has 0 unspecified atom stereocenters. The van der Waals surface area contributed by atoms with Gasteiger partial charge >= 0.3 is 0 Å². The summed E-state index contributed by atoms with van der Waals surface area (Å²) >= 11 is 0. The van der Waals surface area contributed by atoms with Gasteiger partial charge in [0.05, 0.1) is 67.1 Å². The highest BCUT2D eigenvalue weighted by Crippen LogP contribution is 2.46. The topological polar surface area (TPSA) is 53.5 Å². The zero-order valence-corrected chi connectivity index (χ0v) is 40.8. The van der Waals surface area contributed by atoms with Crippen molar-refractivity contribution in [2.24, 2.45) is 0 Å². The Bertz CT molecular complexity index is 3860. The molecule has 0 saturated carbocycles. The van der Waals surface area contributed by atoms with Gasteiger partial charge in [-0.05, 0) is 77.7 Å². The molecule has 342 valence electrons. The molecule has 0 saturated heterocycles. The summed E-state index contributed by atoms with van der Waals surface area (Å²) in [6.45, 7) is 13.6. The number of fused-ring (bicyclic) bond motifs is 9. The molecule has 0 aliphatic heterocycles. The van der Waals surface area contributed by atoms with Crippen molar-refractivity contribution in [2.45, 2.75) is 52.4 Å². The van der Waals surface area contributed by atoms with Crippen LogP contribution >= 0.6 is 0 Å². The lowest BCUT2D eigenvalue weighted by Gasteiger charge is -2.24. The lowest BCUT2D eigenvalue weighted by Crippen LogP contribution is -2.13. The maximum atomic E-state index is 5.62. The average molecular weight is 917 g/mol. The molecule has 0 fully saturated rings. The van der Waals surface area contributed by atoms with Gasteiger partial charge in [0, 0.05) is 54.7 Å². The van der Waals surface area contributed by atoms with E-state index in [1.807, 2.05) is 6.07 Å². The monoisotopic (exact) mass is 916 g/mol. The second-order valence-electron chi connectivity index (χ2n) is 20.9. The van der Waals surface area contributed by atoms with Gasteiger partial charge in [-0.1, -0.05) is 181 Å². The molecule has 0 radical (unpaired) electrons. The van der Waals surface area contributed by atoms with E-state index in [4.69, 9.17) is 15.0 Å². The van der Waals surface area contributed by atoms with Gasteiger partial charge in [-0.2, -0.15) is 0 Å². The van der Waals surface area contributed by atoms with Crippen molar-refractivity contribution in [1.29, 1.82) is 0 Å². The lowest BCUT2D eigenvalue weighted by molar-refractivity contribution is 0.571. The Morgan fingerprint density at radius 2 is 0.761 bits per heavy atom. The normalized spacial score (nSPS) is 12.4. The van der Waals surface area contributed by atoms with Crippen LogP contribution in [-0.4, -0.2) is 28.7 Å². The van der Waals surface area contributed by atoms with Gasteiger partial charge < -0.3 is 13.7 Å². The van der Waals surface area contributed by atoms with Gasteiger partial charge in [-0.3, -0.25) is 0 Å². The number of para-hydroxylation sites is 4. The smallest absolute Gasteiger partial charge is 0.160 e. The molecule has 5 aromatic heterocycles. The second-order valence-corrected chi connectivity index (χ2v) is 20.9. The molecule has 8 aromatic carbocycles. The molecule has 5 heterocycles. The minimum absolute atomic E-state index is 0.0804. The van der Waals surface area contributed by atoms with Crippen LogP contribution in [0.25, 0.3) is 117 Å². The summed E-state index contributed by atoms with van der Waals surface area (Å²) in [5, 5.41) is 5.87. The minimum Gasteiger partial charge on any atom is -0.307 e. The van der Waals surface area contributed by atoms with Crippen LogP contribution in [0.2, 0.25) is 0 Å². The second kappa shape index (κ2) is 16.0. The Hall–Kier alpha value is -8.61. The highest BCUT2D eigenvalue weighted by atomic mass is 15.1. The first kappa shape index (κ1) is 42.5. The van der Waals surface area contributed by atoms with Gasteiger partial charge in [0.2, 0.25) is 0 Å². The van der Waals surface area contributed by atoms with E-state index in [-0.39, 0.29) is 10.8 Å². The van der Waals surface area contributed by atoms with Crippen LogP contribution in [0.1, 0.15) is 52.8 Å². The van der Waals surface area contributed by atoms with Crippen molar-refractivity contribution in [2.75, 3.05) is 0 Å². The van der Waals surface area contributed by atoms with E-state index in [9.17, 15) is 0 Å². The van der Waals surface area contributed by atoms with Crippen LogP contribution in [-0.2, 0) is 10.8 Å². The van der Waals surface area contributed by atoms with Crippen molar-refractivity contribution < 1.29 is 0 Å². The van der Waals surface area contributed by atoms with Gasteiger partial charge in [-0.15, -0.1) is 0 Å². The Balaban J connectivity index is 1.27. The van der Waals surface area contributed by atoms with Crippen molar-refractivity contribution in [3.05, 3.63) is 218 Å². The van der Waals surface area contributed by atoms with Crippen LogP contribution < -0.4 is 0 Å². The molecule has 0 atom stereocenters. The van der Waals surface area contributed by atoms with E-state index in [1.54, 1.807) is 0 Å². The summed E-state index contributed by atoms with van der Waals surface area (Å²) in [7, 11) is 0. The minimum atomic E-state index is -0.164. The first-order valence-corrected chi connectivity index (χ1v) is 24.6. The van der Waals surface area contributed by atoms with Crippen molar-refractivity contribution >= 4 is 65.5 Å². The number of benzene rings is 8. The summed E-state index contributed by atoms with van der Waals surface area (Å²) < 4.78 is 7.47. The third kappa shape index (κ3) is 6.88. The first-order chi connectivity index (χ1) is 34.5. The highest BCUT2D eigenvalue weighted by Gasteiger charge is 2.29. The molecule has 0 amide bonds. The van der Waals surface area contributed by atoms with Gasteiger partial charge in [0.1, 0.15) is 0 Å². The van der Waals surface area contributed by atoms with Crippen molar-refractivity contribution in [1.82, 2.24) is 28.7 Å². The standard InChI is InChI=1S/C65H52N6/c1-64(2,3)44-33-34-56-49(39-44)61-57(35-36-60(68-61)65(4,5)6)71(56)62-58(69-52-29-17-13-25-45(52)46-26-14-18-30-53(46)69)37-43(38-59(62)70-54-31-19-15-27-47(54)48-28-16-20-32-55(48)70)51-40-50(41-21-9-7-10-22-41)66-63(67-51)42-23-11-8-12-24-42/h7-40H,1-6H3. The summed E-state index contributed by atoms with van der Waals surface area (Å²) in [6.07, 6.45) is 0. The SMILES string of the molecule is CC(C)(C)c1ccc2c(c1)c1nc(C(C)(C)C)ccc1n2-c1c(-n2c3ccccc3c3ccccc32)cc(-c2cc(-c3ccccc3)nc(-c3ccccc3)n2)cc1-n1c2ccccc2c2ccccc21. The number of nitrogens with zero attached hydrogens (tertiary/aromatic N) is 6. The zero-order chi connectivity index (χ0) is 48.2. The number of hydrogen-bond donors (Lipinski definition) is 0. The van der Waals surface area contributed by atoms with E-state index in [2.05, 4.69) is 255 Å². The van der Waals surface area contributed by atoms with Crippen LogP contribution in [0.3, 0.4) is 0 Å². The lowest BCUT2D eigenvalue weighted by atomic mass is 9.86. The molecule has 6 nitrogen and oxygen atoms in total. The molecule has 13 rings (SSSR count). The highest BCUT2D eigenvalue weighted by molar-refractivity contribution is 6.13. The first-order valence-electron chi connectivity index (χ1n) is 24.6. The van der Waals surface area contributed by atoms with Crippen molar-refractivity contribution in [3.8, 4) is 51.0 Å². The molecule has 0 spiro atoms. The summed E-state index contributed by atoms with van der Waals surface area (Å²) in [6, 6.07) is 74.5. The van der Waals surface area contributed by atoms with Crippen LogP contribution in [0.4, 0.5) is 0 Å². The molecule has 0 aliphatic carbocycles. The number of pyridine rings is 1. The van der Waals surface area contributed by atoms with E-state index in [0.717, 1.165) is 94.8 Å². The Morgan fingerprint density at radius 1 is 0.324 bits per heavy atom. The predicted octanol–water partition coefficient (Wildman–Crippen LogP) is 16.8. The molecule has 0 aliphatic rings. The van der Waals surface area contributed by atoms with Crippen LogP contribution in [0, 0.1) is 0 Å². The predicted molar refractivity (Wildman–Crippen MR) is 297 cm³/mol. The van der Waals surface area contributed by atoms with Gasteiger partial charge in [0.15, 0.2) is 5.82 Å². The van der Waals surface area contributed by atoms with E-state index >= 15 is 0 Å². The third-order valence-corrected chi connectivity index (χ3v) is 14.3. The van der Waals surface area contributed by atoms with E-state index in [1.165, 1.54) is 27.1 Å². The summed E-state index contributed by atoms with van der Waals surface area (Å²) in [4.78, 5) is 16.4. The molecule has 0 bridgehead atoms. The van der Waals surface area contributed by atoms with Crippen LogP contribution in [0.5, 0.6) is 0 Å². The Kier molecular flexibility index (Phi) is 9.56. The maximum Gasteiger partial charge on any atom is 0.160 e. The third-order valence-electron chi connectivity index (χ3n) is 14.3. The zero-order valence-electron chi connectivity index (χ0n) is 40.8. The van der Waals surface area contributed by atoms with Crippen LogP contribution in [0.15, 0.2) is 206 Å². The Morgan fingerprint density at radius 3 is 1.25 bits per heavy atom. The number of rotatable bonds is 6. The molecule has 6 heteroatoms. The Labute approximate surface area is 413 Å². The molecular weight excluding hydrogens is 865 g/mol. The molecule has 0 N–H and O–H groups in total. The molecule has 13 aromatic rings. The summed E-state index contributed by atoms with van der Waals surface area (Å²) in [5.41, 5.74) is 17.3. The summed E-state index contributed by atoms with van der Waals surface area (Å²) in [5.74, 6) is 0.667. The average Bonchev–Trinajstić information content (AvgIpc) is 4.03. The molecular formula is C65H52N6. The fraction of sp³-hybridized carbons (Fsp3) is 0.123. The fourth-order valence-electron chi connectivity index (χ4n) is 10.8. The van der Waals surface area contributed by atoms with Crippen molar-refractivity contribution in [3.63, 3.8) is 0 Å². The van der Waals surface area contributed by atoms with Gasteiger partial charge in [-0.25, -0.2) is 15.0 Å². The largest absolute Gasteiger partial charge is 0.307 e. The molecule has 71 heavy (non-hydrogen) atoms. The van der Waals surface area contributed by atoms with E-state index in [0.29, 0.717) is 5.82 Å². The fourth-order valence-corrected chi connectivity index (χ4v) is 10.8. The van der Waals surface area contributed by atoms with Gasteiger partial charge in [0.25, 0.3) is 0 Å². The maximum absolute atomic E-state index is 5.62.